The maximum atomic E-state index is 12.8. The number of ether oxygens (including phenoxy) is 1. The maximum absolute atomic E-state index is 12.8. The number of hydrogen-bond acceptors (Lipinski definition) is 6. The second-order valence-electron chi connectivity index (χ2n) is 8.29. The van der Waals surface area contributed by atoms with E-state index in [0.29, 0.717) is 30.2 Å². The lowest BCUT2D eigenvalue weighted by Crippen LogP contribution is -2.35. The van der Waals surface area contributed by atoms with Crippen LogP contribution in [0, 0.1) is 0 Å². The van der Waals surface area contributed by atoms with Gasteiger partial charge in [0.15, 0.2) is 0 Å². The summed E-state index contributed by atoms with van der Waals surface area (Å²) >= 11 is 6.13. The Morgan fingerprint density at radius 1 is 1.06 bits per heavy atom. The molecule has 1 aliphatic rings. The van der Waals surface area contributed by atoms with Crippen LogP contribution < -0.4 is 14.4 Å². The Balaban J connectivity index is 1.57. The summed E-state index contributed by atoms with van der Waals surface area (Å²) in [6, 6.07) is 10.7. The minimum absolute atomic E-state index is 0.0731. The zero-order valence-electron chi connectivity index (χ0n) is 19.7. The molecule has 1 amide bonds. The van der Waals surface area contributed by atoms with Crippen LogP contribution in [0.2, 0.25) is 5.02 Å². The van der Waals surface area contributed by atoms with Gasteiger partial charge >= 0.3 is 0 Å². The molecule has 0 aliphatic carbocycles. The number of piperidine rings is 1. The molecule has 0 spiro atoms. The molecule has 1 N–H and O–H groups in total. The summed E-state index contributed by atoms with van der Waals surface area (Å²) in [7, 11) is -5.67. The van der Waals surface area contributed by atoms with Crippen molar-refractivity contribution in [2.45, 2.75) is 37.0 Å². The fourth-order valence-corrected chi connectivity index (χ4v) is 6.59. The summed E-state index contributed by atoms with van der Waals surface area (Å²) < 4.78 is 57.9. The molecule has 0 bridgehead atoms. The van der Waals surface area contributed by atoms with Crippen molar-refractivity contribution in [3.05, 3.63) is 47.5 Å². The molecular formula is C23H30ClN3O6S2. The van der Waals surface area contributed by atoms with Gasteiger partial charge in [0.25, 0.3) is 0 Å². The van der Waals surface area contributed by atoms with Crippen molar-refractivity contribution in [3.8, 4) is 5.75 Å². The number of methoxy groups -OCH3 is 1. The third-order valence-electron chi connectivity index (χ3n) is 5.68. The van der Waals surface area contributed by atoms with Crippen LogP contribution >= 0.6 is 11.6 Å². The Labute approximate surface area is 212 Å². The Morgan fingerprint density at radius 3 is 2.29 bits per heavy atom. The average Bonchev–Trinajstić information content (AvgIpc) is 2.82. The van der Waals surface area contributed by atoms with Crippen LogP contribution in [-0.2, 0) is 24.8 Å². The monoisotopic (exact) mass is 543 g/mol. The van der Waals surface area contributed by atoms with Crippen molar-refractivity contribution in [1.82, 2.24) is 4.31 Å². The predicted octanol–water partition coefficient (Wildman–Crippen LogP) is 3.71. The standard InChI is InChI=1S/C23H30ClN3O6S2/c1-33-22-13-10-19(17-21(22)24)27(34(2,29)30)16-6-7-23(28)25-18-8-11-20(12-9-18)35(31,32)26-14-4-3-5-15-26/h8-13,17H,3-7,14-16H2,1-2H3,(H,25,28). The summed E-state index contributed by atoms with van der Waals surface area (Å²) in [5, 5.41) is 3.00. The van der Waals surface area contributed by atoms with E-state index in [1.54, 1.807) is 24.3 Å². The zero-order chi connectivity index (χ0) is 25.6. The van der Waals surface area contributed by atoms with E-state index in [4.69, 9.17) is 16.3 Å². The molecule has 0 aromatic heterocycles. The van der Waals surface area contributed by atoms with E-state index in [-0.39, 0.29) is 35.2 Å². The molecule has 1 fully saturated rings. The molecule has 0 radical (unpaired) electrons. The van der Waals surface area contributed by atoms with Crippen molar-refractivity contribution in [3.63, 3.8) is 0 Å². The van der Waals surface area contributed by atoms with Gasteiger partial charge < -0.3 is 10.1 Å². The largest absolute Gasteiger partial charge is 0.495 e. The normalized spacial score (nSPS) is 14.9. The van der Waals surface area contributed by atoms with Crippen molar-refractivity contribution in [1.29, 1.82) is 0 Å². The van der Waals surface area contributed by atoms with Crippen LogP contribution in [0.3, 0.4) is 0 Å². The first kappa shape index (κ1) is 27.3. The van der Waals surface area contributed by atoms with E-state index < -0.39 is 20.0 Å². The number of hydrogen-bond donors (Lipinski definition) is 1. The molecule has 0 unspecified atom stereocenters. The summed E-state index contributed by atoms with van der Waals surface area (Å²) in [4.78, 5) is 12.6. The minimum Gasteiger partial charge on any atom is -0.495 e. The molecule has 9 nitrogen and oxygen atoms in total. The number of anilines is 2. The zero-order valence-corrected chi connectivity index (χ0v) is 22.1. The highest BCUT2D eigenvalue weighted by molar-refractivity contribution is 7.92. The molecule has 1 saturated heterocycles. The average molecular weight is 544 g/mol. The van der Waals surface area contributed by atoms with E-state index >= 15 is 0 Å². The molecule has 2 aromatic carbocycles. The Hall–Kier alpha value is -2.34. The molecule has 2 aromatic rings. The molecular weight excluding hydrogens is 514 g/mol. The molecule has 1 heterocycles. The van der Waals surface area contributed by atoms with Crippen molar-refractivity contribution in [2.75, 3.05) is 42.6 Å². The Bertz CT molecular complexity index is 1240. The number of carbonyl (C=O) groups is 1. The van der Waals surface area contributed by atoms with Crippen LogP contribution in [0.5, 0.6) is 5.75 Å². The van der Waals surface area contributed by atoms with Crippen LogP contribution in [0.25, 0.3) is 0 Å². The molecule has 35 heavy (non-hydrogen) atoms. The van der Waals surface area contributed by atoms with Gasteiger partial charge in [-0.2, -0.15) is 4.31 Å². The molecule has 0 atom stereocenters. The van der Waals surface area contributed by atoms with Gasteiger partial charge in [-0.3, -0.25) is 9.10 Å². The molecule has 3 rings (SSSR count). The lowest BCUT2D eigenvalue weighted by atomic mass is 10.2. The first-order valence-corrected chi connectivity index (χ1v) is 14.9. The second kappa shape index (κ2) is 11.6. The first-order chi connectivity index (χ1) is 16.5. The first-order valence-electron chi connectivity index (χ1n) is 11.2. The molecule has 192 valence electrons. The highest BCUT2D eigenvalue weighted by Gasteiger charge is 2.25. The predicted molar refractivity (Wildman–Crippen MR) is 137 cm³/mol. The van der Waals surface area contributed by atoms with E-state index in [2.05, 4.69) is 5.32 Å². The maximum Gasteiger partial charge on any atom is 0.243 e. The van der Waals surface area contributed by atoms with Gasteiger partial charge in [0.1, 0.15) is 5.75 Å². The second-order valence-corrected chi connectivity index (χ2v) is 12.5. The smallest absolute Gasteiger partial charge is 0.243 e. The van der Waals surface area contributed by atoms with Crippen LogP contribution in [0.4, 0.5) is 11.4 Å². The van der Waals surface area contributed by atoms with Gasteiger partial charge in [-0.1, -0.05) is 18.0 Å². The number of halogens is 1. The quantitative estimate of drug-likeness (QED) is 0.489. The lowest BCUT2D eigenvalue weighted by Gasteiger charge is -2.25. The summed E-state index contributed by atoms with van der Waals surface area (Å²) in [5.41, 5.74) is 0.846. The van der Waals surface area contributed by atoms with Gasteiger partial charge in [0.2, 0.25) is 26.0 Å². The number of rotatable bonds is 10. The highest BCUT2D eigenvalue weighted by Crippen LogP contribution is 2.30. The van der Waals surface area contributed by atoms with E-state index in [9.17, 15) is 21.6 Å². The number of nitrogens with one attached hydrogen (secondary N) is 1. The van der Waals surface area contributed by atoms with Gasteiger partial charge in [0.05, 0.1) is 29.0 Å². The van der Waals surface area contributed by atoms with E-state index in [1.165, 1.54) is 33.9 Å². The van der Waals surface area contributed by atoms with E-state index in [1.807, 2.05) is 0 Å². The third-order valence-corrected chi connectivity index (χ3v) is 9.08. The van der Waals surface area contributed by atoms with E-state index in [0.717, 1.165) is 25.5 Å². The van der Waals surface area contributed by atoms with Crippen molar-refractivity contribution in [2.24, 2.45) is 0 Å². The molecule has 12 heteroatoms. The fourth-order valence-electron chi connectivity index (χ4n) is 3.87. The van der Waals surface area contributed by atoms with Crippen molar-refractivity contribution >= 4 is 48.9 Å². The number of nitrogens with zero attached hydrogens (tertiary/aromatic N) is 2. The van der Waals surface area contributed by atoms with Crippen molar-refractivity contribution < 1.29 is 26.4 Å². The molecule has 0 saturated carbocycles. The van der Waals surface area contributed by atoms with Gasteiger partial charge in [-0.15, -0.1) is 0 Å². The number of carbonyl (C=O) groups excluding carboxylic acids is 1. The third kappa shape index (κ3) is 7.09. The SMILES string of the molecule is COc1ccc(N(CCCC(=O)Nc2ccc(S(=O)(=O)N3CCCCC3)cc2)S(C)(=O)=O)cc1Cl. The minimum atomic E-state index is -3.60. The Kier molecular flexibility index (Phi) is 9.03. The lowest BCUT2D eigenvalue weighted by molar-refractivity contribution is -0.116. The van der Waals surface area contributed by atoms with Crippen LogP contribution in [-0.4, -0.2) is 60.0 Å². The number of benzene rings is 2. The summed E-state index contributed by atoms with van der Waals surface area (Å²) in [5.74, 6) is 0.121. The van der Waals surface area contributed by atoms with Gasteiger partial charge in [-0.25, -0.2) is 16.8 Å². The number of sulfonamides is 2. The Morgan fingerprint density at radius 2 is 1.71 bits per heavy atom. The summed E-state index contributed by atoms with van der Waals surface area (Å²) in [6.07, 6.45) is 4.18. The van der Waals surface area contributed by atoms with Gasteiger partial charge in [-0.05, 0) is 61.7 Å². The molecule has 1 aliphatic heterocycles. The van der Waals surface area contributed by atoms with Gasteiger partial charge in [0, 0.05) is 31.7 Å². The fraction of sp³-hybridized carbons (Fsp3) is 0.435. The van der Waals surface area contributed by atoms with Crippen LogP contribution in [0.1, 0.15) is 32.1 Å². The van der Waals surface area contributed by atoms with Crippen LogP contribution in [0.15, 0.2) is 47.4 Å². The topological polar surface area (TPSA) is 113 Å². The number of amides is 1. The summed E-state index contributed by atoms with van der Waals surface area (Å²) in [6.45, 7) is 1.13. The highest BCUT2D eigenvalue weighted by atomic mass is 35.5.